The number of nitrogens with one attached hydrogen (secondary N) is 1. The van der Waals surface area contributed by atoms with Crippen molar-refractivity contribution in [1.82, 2.24) is 19.4 Å². The zero-order valence-corrected chi connectivity index (χ0v) is 23.6. The minimum atomic E-state index is -4.83. The fourth-order valence-electron chi connectivity index (χ4n) is 5.25. The number of benzene rings is 2. The predicted octanol–water partition coefficient (Wildman–Crippen LogP) is 4.26. The van der Waals surface area contributed by atoms with Gasteiger partial charge < -0.3 is 9.88 Å². The molecule has 0 unspecified atom stereocenters. The topological polar surface area (TPSA) is 95.5 Å². The Balaban J connectivity index is 1.62. The largest absolute Gasteiger partial charge is 0.416 e. The third-order valence-corrected chi connectivity index (χ3v) is 9.81. The second-order valence-corrected chi connectivity index (χ2v) is 12.9. The molecule has 0 spiro atoms. The smallest absolute Gasteiger partial charge is 0.372 e. The van der Waals surface area contributed by atoms with Gasteiger partial charge in [-0.25, -0.2) is 13.2 Å². The molecular weight excluding hydrogens is 592 g/mol. The molecule has 40 heavy (non-hydrogen) atoms. The van der Waals surface area contributed by atoms with E-state index >= 15 is 0 Å². The van der Waals surface area contributed by atoms with E-state index in [9.17, 15) is 31.2 Å². The number of aromatic nitrogens is 2. The van der Waals surface area contributed by atoms with Crippen LogP contribution in [0.4, 0.5) is 13.2 Å². The predicted molar refractivity (Wildman–Crippen MR) is 147 cm³/mol. The SMILES string of the molecule is CCS(=O)(=O)c1ccc(Cl)cc1Cn1c(=O)[nH]c2c(Cl)c(CN3CCN4CCC=C4C3)c(C(F)(F)F)cc2c1=O. The number of aromatic amines is 1. The minimum absolute atomic E-state index is 0.0559. The lowest BCUT2D eigenvalue weighted by atomic mass is 10.0. The van der Waals surface area contributed by atoms with Crippen LogP contribution in [0.25, 0.3) is 10.9 Å². The molecule has 1 N–H and O–H groups in total. The Bertz CT molecular complexity index is 1770. The molecule has 0 saturated carbocycles. The molecule has 14 heteroatoms. The molecule has 1 aromatic heterocycles. The van der Waals surface area contributed by atoms with Crippen molar-refractivity contribution in [1.29, 1.82) is 0 Å². The zero-order valence-electron chi connectivity index (χ0n) is 21.3. The summed E-state index contributed by atoms with van der Waals surface area (Å²) in [6, 6.07) is 4.64. The van der Waals surface area contributed by atoms with Gasteiger partial charge in [-0.15, -0.1) is 0 Å². The number of halogens is 5. The maximum absolute atomic E-state index is 14.3. The molecule has 214 valence electrons. The number of piperazine rings is 1. The summed E-state index contributed by atoms with van der Waals surface area (Å²) in [5.41, 5.74) is -2.38. The van der Waals surface area contributed by atoms with E-state index in [-0.39, 0.29) is 43.9 Å². The van der Waals surface area contributed by atoms with Gasteiger partial charge in [-0.3, -0.25) is 14.3 Å². The van der Waals surface area contributed by atoms with Crippen LogP contribution >= 0.6 is 23.2 Å². The minimum Gasteiger partial charge on any atom is -0.372 e. The summed E-state index contributed by atoms with van der Waals surface area (Å²) < 4.78 is 68.7. The molecular formula is C26H25Cl2F3N4O4S. The third-order valence-electron chi connectivity index (χ3n) is 7.33. The Morgan fingerprint density at radius 3 is 2.50 bits per heavy atom. The van der Waals surface area contributed by atoms with Gasteiger partial charge in [0.25, 0.3) is 5.56 Å². The molecule has 8 nitrogen and oxygen atoms in total. The highest BCUT2D eigenvalue weighted by Crippen LogP contribution is 2.39. The first kappa shape index (κ1) is 28.7. The van der Waals surface area contributed by atoms with Gasteiger partial charge in [0.1, 0.15) is 0 Å². The van der Waals surface area contributed by atoms with Crippen LogP contribution in [-0.2, 0) is 29.1 Å². The van der Waals surface area contributed by atoms with Crippen molar-refractivity contribution in [2.24, 2.45) is 0 Å². The number of hydrogen-bond donors (Lipinski definition) is 1. The molecule has 0 amide bonds. The van der Waals surface area contributed by atoms with Crippen molar-refractivity contribution in [2.75, 3.05) is 31.9 Å². The van der Waals surface area contributed by atoms with Gasteiger partial charge in [0.2, 0.25) is 0 Å². The Hall–Kier alpha value is -2.80. The van der Waals surface area contributed by atoms with Gasteiger partial charge in [-0.05, 0) is 41.8 Å². The third kappa shape index (κ3) is 5.29. The van der Waals surface area contributed by atoms with Crippen molar-refractivity contribution in [3.8, 4) is 0 Å². The normalized spacial score (nSPS) is 16.4. The maximum atomic E-state index is 14.3. The number of sulfone groups is 1. The quantitative estimate of drug-likeness (QED) is 0.445. The summed E-state index contributed by atoms with van der Waals surface area (Å²) in [4.78, 5) is 32.9. The van der Waals surface area contributed by atoms with Gasteiger partial charge in [0.15, 0.2) is 9.84 Å². The molecule has 1 fully saturated rings. The van der Waals surface area contributed by atoms with Crippen LogP contribution < -0.4 is 11.2 Å². The Morgan fingerprint density at radius 2 is 1.80 bits per heavy atom. The number of nitrogens with zero attached hydrogens (tertiary/aromatic N) is 3. The van der Waals surface area contributed by atoms with Crippen molar-refractivity contribution in [2.45, 2.75) is 37.5 Å². The van der Waals surface area contributed by atoms with E-state index in [2.05, 4.69) is 16.0 Å². The average Bonchev–Trinajstić information content (AvgIpc) is 3.35. The van der Waals surface area contributed by atoms with Gasteiger partial charge >= 0.3 is 11.9 Å². The van der Waals surface area contributed by atoms with Crippen LogP contribution in [0.3, 0.4) is 0 Å². The standard InChI is InChI=1S/C26H25Cl2F3N4O4S/c1-2-40(38,39)21-6-5-16(27)10-15(21)12-35-24(36)18-11-20(26(29,30)31)19(22(28)23(18)32-25(35)37)14-33-8-9-34-7-3-4-17(34)13-33/h4-6,10-11H,2-3,7-9,12-14H2,1H3,(H,32,37). The van der Waals surface area contributed by atoms with Crippen LogP contribution in [0.1, 0.15) is 30.0 Å². The van der Waals surface area contributed by atoms with E-state index in [1.807, 2.05) is 4.90 Å². The number of rotatable bonds is 6. The molecule has 0 aliphatic carbocycles. The summed E-state index contributed by atoms with van der Waals surface area (Å²) in [6.07, 6.45) is -1.87. The number of fused-ring (bicyclic) bond motifs is 2. The van der Waals surface area contributed by atoms with Crippen molar-refractivity contribution >= 4 is 43.9 Å². The first-order chi connectivity index (χ1) is 18.8. The molecule has 2 aromatic carbocycles. The summed E-state index contributed by atoms with van der Waals surface area (Å²) in [5.74, 6) is -0.246. The second kappa shape index (κ2) is 10.6. The summed E-state index contributed by atoms with van der Waals surface area (Å²) >= 11 is 12.5. The number of alkyl halides is 3. The van der Waals surface area contributed by atoms with Gasteiger partial charge in [-0.2, -0.15) is 13.2 Å². The maximum Gasteiger partial charge on any atom is 0.416 e. The van der Waals surface area contributed by atoms with E-state index in [0.717, 1.165) is 18.7 Å². The van der Waals surface area contributed by atoms with E-state index in [0.29, 0.717) is 30.3 Å². The summed E-state index contributed by atoms with van der Waals surface area (Å²) in [7, 11) is -3.76. The lowest BCUT2D eigenvalue weighted by molar-refractivity contribution is -0.138. The van der Waals surface area contributed by atoms with Gasteiger partial charge in [0.05, 0.1) is 38.7 Å². The lowest BCUT2D eigenvalue weighted by Crippen LogP contribution is -2.43. The Morgan fingerprint density at radius 1 is 1.05 bits per heavy atom. The first-order valence-corrected chi connectivity index (χ1v) is 14.9. The van der Waals surface area contributed by atoms with Crippen LogP contribution in [-0.4, -0.2) is 59.7 Å². The fraction of sp³-hybridized carbons (Fsp3) is 0.385. The van der Waals surface area contributed by atoms with E-state index in [1.165, 1.54) is 25.1 Å². The van der Waals surface area contributed by atoms with Crippen LogP contribution in [0.2, 0.25) is 10.0 Å². The molecule has 0 atom stereocenters. The van der Waals surface area contributed by atoms with Gasteiger partial charge in [0, 0.05) is 43.4 Å². The van der Waals surface area contributed by atoms with E-state index in [1.54, 1.807) is 0 Å². The highest BCUT2D eigenvalue weighted by molar-refractivity contribution is 7.91. The van der Waals surface area contributed by atoms with E-state index < -0.39 is 44.8 Å². The monoisotopic (exact) mass is 616 g/mol. The average molecular weight is 617 g/mol. The summed E-state index contributed by atoms with van der Waals surface area (Å²) in [6.45, 7) is 3.35. The van der Waals surface area contributed by atoms with Crippen LogP contribution in [0, 0.1) is 0 Å². The van der Waals surface area contributed by atoms with Gasteiger partial charge in [-0.1, -0.05) is 36.2 Å². The van der Waals surface area contributed by atoms with E-state index in [4.69, 9.17) is 23.2 Å². The molecule has 5 rings (SSSR count). The molecule has 3 heterocycles. The summed E-state index contributed by atoms with van der Waals surface area (Å²) in [5, 5.41) is -0.631. The molecule has 0 bridgehead atoms. The second-order valence-electron chi connectivity index (χ2n) is 9.80. The fourth-order valence-corrected chi connectivity index (χ4v) is 6.87. The molecule has 0 radical (unpaired) electrons. The van der Waals surface area contributed by atoms with Crippen molar-refractivity contribution in [3.63, 3.8) is 0 Å². The van der Waals surface area contributed by atoms with Crippen molar-refractivity contribution < 1.29 is 21.6 Å². The first-order valence-electron chi connectivity index (χ1n) is 12.5. The zero-order chi connectivity index (χ0) is 29.0. The highest BCUT2D eigenvalue weighted by atomic mass is 35.5. The molecule has 1 saturated heterocycles. The molecule has 2 aliphatic rings. The lowest BCUT2D eigenvalue weighted by Gasteiger charge is -2.36. The van der Waals surface area contributed by atoms with Crippen LogP contribution in [0.5, 0.6) is 0 Å². The number of H-pyrrole nitrogens is 1. The van der Waals surface area contributed by atoms with Crippen molar-refractivity contribution in [3.05, 3.63) is 83.6 Å². The van der Waals surface area contributed by atoms with Crippen LogP contribution in [0.15, 0.2) is 50.5 Å². The molecule has 2 aliphatic heterocycles. The highest BCUT2D eigenvalue weighted by Gasteiger charge is 2.37. The Kier molecular flexibility index (Phi) is 7.58. The number of hydrogen-bond acceptors (Lipinski definition) is 6. The Labute approximate surface area is 237 Å². The molecule has 3 aromatic rings.